The lowest BCUT2D eigenvalue weighted by Crippen LogP contribution is -1.94. The molecule has 8 nitrogen and oxygen atoms in total. The largest absolute Gasteiger partial charge is 0.478 e. The molecule has 0 aromatic carbocycles. The molecule has 32 heavy (non-hydrogen) atoms. The fraction of sp³-hybridized carbons (Fsp3) is 0.500. The molecular weight excluding hydrogens is 408 g/mol. The minimum Gasteiger partial charge on any atom is -0.478 e. The number of nitrogens with zero attached hydrogens (tertiary/aromatic N) is 4. The highest BCUT2D eigenvalue weighted by molar-refractivity contribution is 5.85. The molecule has 0 spiro atoms. The Hall–Kier alpha value is -3.16. The number of hydrogen-bond donors (Lipinski definition) is 2. The van der Waals surface area contributed by atoms with Crippen molar-refractivity contribution in [2.75, 3.05) is 0 Å². The molecular formula is C24H34N4O4. The summed E-state index contributed by atoms with van der Waals surface area (Å²) in [5.41, 5.74) is 1.35. The van der Waals surface area contributed by atoms with Crippen molar-refractivity contribution in [1.29, 1.82) is 0 Å². The van der Waals surface area contributed by atoms with E-state index >= 15 is 0 Å². The van der Waals surface area contributed by atoms with Gasteiger partial charge in [0.15, 0.2) is 0 Å². The van der Waals surface area contributed by atoms with Crippen LogP contribution in [0.1, 0.15) is 75.6 Å². The highest BCUT2D eigenvalue weighted by Crippen LogP contribution is 2.12. The van der Waals surface area contributed by atoms with Gasteiger partial charge in [-0.15, -0.1) is 0 Å². The highest BCUT2D eigenvalue weighted by Gasteiger charge is 1.99. The Bertz CT molecular complexity index is 810. The lowest BCUT2D eigenvalue weighted by molar-refractivity contribution is -0.132. The van der Waals surface area contributed by atoms with Crippen molar-refractivity contribution in [3.05, 3.63) is 48.6 Å². The average Bonchev–Trinajstić information content (AvgIpc) is 3.41. The molecule has 2 heterocycles. The van der Waals surface area contributed by atoms with Gasteiger partial charge >= 0.3 is 11.9 Å². The van der Waals surface area contributed by atoms with Gasteiger partial charge in [0.25, 0.3) is 0 Å². The second kappa shape index (κ2) is 14.8. The molecule has 0 aliphatic heterocycles. The Morgan fingerprint density at radius 2 is 1.00 bits per heavy atom. The molecule has 0 bridgehead atoms. The third kappa shape index (κ3) is 11.3. The van der Waals surface area contributed by atoms with Crippen LogP contribution in [0.15, 0.2) is 37.2 Å². The summed E-state index contributed by atoms with van der Waals surface area (Å²) in [6, 6.07) is 0. The molecule has 2 rings (SSSR count). The van der Waals surface area contributed by atoms with Crippen LogP contribution in [0.5, 0.6) is 0 Å². The van der Waals surface area contributed by atoms with E-state index in [-0.39, 0.29) is 0 Å². The summed E-state index contributed by atoms with van der Waals surface area (Å²) in [6.07, 6.45) is 24.7. The van der Waals surface area contributed by atoms with Gasteiger partial charge in [0.1, 0.15) is 0 Å². The average molecular weight is 443 g/mol. The lowest BCUT2D eigenvalue weighted by Gasteiger charge is -2.04. The Labute approximate surface area is 189 Å². The molecule has 0 aliphatic rings. The first-order valence-corrected chi connectivity index (χ1v) is 11.4. The van der Waals surface area contributed by atoms with E-state index in [0.29, 0.717) is 11.4 Å². The zero-order valence-corrected chi connectivity index (χ0v) is 18.6. The molecule has 0 saturated heterocycles. The molecule has 0 atom stereocenters. The van der Waals surface area contributed by atoms with E-state index in [1.165, 1.54) is 63.5 Å². The smallest absolute Gasteiger partial charge is 0.328 e. The quantitative estimate of drug-likeness (QED) is 0.267. The van der Waals surface area contributed by atoms with Crippen molar-refractivity contribution in [3.8, 4) is 0 Å². The van der Waals surface area contributed by atoms with E-state index in [2.05, 4.69) is 9.97 Å². The molecule has 0 radical (unpaired) electrons. The van der Waals surface area contributed by atoms with E-state index < -0.39 is 11.9 Å². The second-order valence-corrected chi connectivity index (χ2v) is 7.95. The topological polar surface area (TPSA) is 110 Å². The van der Waals surface area contributed by atoms with Crippen molar-refractivity contribution in [3.63, 3.8) is 0 Å². The summed E-state index contributed by atoms with van der Waals surface area (Å²) >= 11 is 0. The van der Waals surface area contributed by atoms with Crippen LogP contribution in [0.4, 0.5) is 0 Å². The first-order valence-electron chi connectivity index (χ1n) is 11.4. The molecule has 0 fully saturated rings. The van der Waals surface area contributed by atoms with Crippen LogP contribution < -0.4 is 0 Å². The Kier molecular flexibility index (Phi) is 11.6. The molecule has 2 aromatic rings. The summed E-state index contributed by atoms with van der Waals surface area (Å²) in [6.45, 7) is 1.84. The van der Waals surface area contributed by atoms with Crippen LogP contribution in [0.25, 0.3) is 12.2 Å². The zero-order valence-electron chi connectivity index (χ0n) is 18.6. The van der Waals surface area contributed by atoms with E-state index in [9.17, 15) is 9.59 Å². The molecule has 0 amide bonds. The van der Waals surface area contributed by atoms with Gasteiger partial charge in [-0.05, 0) is 25.0 Å². The van der Waals surface area contributed by atoms with Crippen molar-refractivity contribution in [2.45, 2.75) is 77.3 Å². The number of hydrogen-bond acceptors (Lipinski definition) is 4. The van der Waals surface area contributed by atoms with Gasteiger partial charge in [-0.1, -0.05) is 51.4 Å². The van der Waals surface area contributed by atoms with E-state index in [1.807, 2.05) is 21.5 Å². The standard InChI is InChI=1S/C24H34N4O4/c29-23(30)13-11-21-17-27(19-25-21)15-9-7-5-3-1-2-4-6-8-10-16-28-18-22(26-20-28)12-14-24(31)32/h11-14,17-20H,1-10,15-16H2,(H,29,30)(H,31,32)/b13-11+,14-12+. The summed E-state index contributed by atoms with van der Waals surface area (Å²) in [4.78, 5) is 29.4. The number of carbonyl (C=O) groups is 2. The van der Waals surface area contributed by atoms with Gasteiger partial charge in [-0.3, -0.25) is 0 Å². The van der Waals surface area contributed by atoms with Gasteiger partial charge < -0.3 is 19.3 Å². The third-order valence-corrected chi connectivity index (χ3v) is 5.18. The third-order valence-electron chi connectivity index (χ3n) is 5.18. The molecule has 174 valence electrons. The fourth-order valence-electron chi connectivity index (χ4n) is 3.49. The lowest BCUT2D eigenvalue weighted by atomic mass is 10.1. The maximum absolute atomic E-state index is 10.5. The van der Waals surface area contributed by atoms with E-state index in [1.54, 1.807) is 12.7 Å². The van der Waals surface area contributed by atoms with Gasteiger partial charge in [-0.25, -0.2) is 19.6 Å². The predicted octanol–water partition coefficient (Wildman–Crippen LogP) is 4.88. The second-order valence-electron chi connectivity index (χ2n) is 7.95. The molecule has 0 aliphatic carbocycles. The van der Waals surface area contributed by atoms with Gasteiger partial charge in [-0.2, -0.15) is 0 Å². The Morgan fingerprint density at radius 3 is 1.34 bits per heavy atom. The number of unbranched alkanes of at least 4 members (excludes halogenated alkanes) is 9. The number of carboxylic acid groups (broad SMARTS) is 2. The minimum absolute atomic E-state index is 0.676. The maximum Gasteiger partial charge on any atom is 0.328 e. The number of aryl methyl sites for hydroxylation is 2. The van der Waals surface area contributed by atoms with Crippen molar-refractivity contribution >= 4 is 24.1 Å². The van der Waals surface area contributed by atoms with Gasteiger partial charge in [0, 0.05) is 37.6 Å². The molecule has 2 N–H and O–H groups in total. The summed E-state index contributed by atoms with van der Waals surface area (Å²) < 4.78 is 4.03. The van der Waals surface area contributed by atoms with Crippen molar-refractivity contribution in [2.24, 2.45) is 0 Å². The first kappa shape index (κ1) is 25.1. The number of aromatic nitrogens is 4. The van der Waals surface area contributed by atoms with E-state index in [0.717, 1.165) is 38.1 Å². The normalized spacial score (nSPS) is 11.6. The number of imidazole rings is 2. The van der Waals surface area contributed by atoms with Crippen LogP contribution >= 0.6 is 0 Å². The van der Waals surface area contributed by atoms with E-state index in [4.69, 9.17) is 10.2 Å². The summed E-state index contributed by atoms with van der Waals surface area (Å²) in [5.74, 6) is -1.92. The van der Waals surface area contributed by atoms with Crippen LogP contribution in [0.2, 0.25) is 0 Å². The maximum atomic E-state index is 10.5. The fourth-order valence-corrected chi connectivity index (χ4v) is 3.49. The summed E-state index contributed by atoms with van der Waals surface area (Å²) in [5, 5.41) is 17.3. The van der Waals surface area contributed by atoms with Crippen molar-refractivity contribution < 1.29 is 19.8 Å². The number of rotatable bonds is 17. The minimum atomic E-state index is -0.961. The van der Waals surface area contributed by atoms with Crippen LogP contribution in [0, 0.1) is 0 Å². The van der Waals surface area contributed by atoms with Gasteiger partial charge in [0.05, 0.1) is 24.0 Å². The number of aliphatic carboxylic acids is 2. The highest BCUT2D eigenvalue weighted by atomic mass is 16.4. The summed E-state index contributed by atoms with van der Waals surface area (Å²) in [7, 11) is 0. The van der Waals surface area contributed by atoms with Crippen molar-refractivity contribution in [1.82, 2.24) is 19.1 Å². The molecule has 0 unspecified atom stereocenters. The monoisotopic (exact) mass is 442 g/mol. The Morgan fingerprint density at radius 1 is 0.656 bits per heavy atom. The zero-order chi connectivity index (χ0) is 23.0. The molecule has 0 saturated carbocycles. The molecule has 8 heteroatoms. The van der Waals surface area contributed by atoms with Gasteiger partial charge in [0.2, 0.25) is 0 Å². The Balaban J connectivity index is 1.40. The SMILES string of the molecule is O=C(O)/C=C/c1cn(CCCCCCCCCCCCn2cnc(/C=C/C(=O)O)c2)cn1. The van der Waals surface area contributed by atoms with Crippen LogP contribution in [0.3, 0.4) is 0 Å². The number of carboxylic acids is 2. The van der Waals surface area contributed by atoms with Crippen LogP contribution in [-0.4, -0.2) is 41.3 Å². The predicted molar refractivity (Wildman–Crippen MR) is 124 cm³/mol. The van der Waals surface area contributed by atoms with Crippen LogP contribution in [-0.2, 0) is 22.7 Å². The first-order chi connectivity index (χ1) is 15.5. The molecule has 2 aromatic heterocycles.